The van der Waals surface area contributed by atoms with Gasteiger partial charge in [-0.2, -0.15) is 3.97 Å². The summed E-state index contributed by atoms with van der Waals surface area (Å²) in [6.07, 6.45) is 8.64. The van der Waals surface area contributed by atoms with Gasteiger partial charge in [0.2, 0.25) is 5.91 Å². The molecule has 6 rings (SSSR count). The average molecular weight is 415 g/mol. The number of aromatic nitrogens is 2. The fraction of sp³-hybridized carbons (Fsp3) is 0.545. The van der Waals surface area contributed by atoms with Gasteiger partial charge in [-0.25, -0.2) is 17.8 Å². The van der Waals surface area contributed by atoms with Gasteiger partial charge in [-0.05, 0) is 93.4 Å². The van der Waals surface area contributed by atoms with Crippen LogP contribution in [0.15, 0.2) is 40.3 Å². The molecule has 4 saturated carbocycles. The van der Waals surface area contributed by atoms with Crippen LogP contribution in [-0.4, -0.2) is 22.9 Å². The van der Waals surface area contributed by atoms with Crippen LogP contribution in [0, 0.1) is 37.0 Å². The largest absolute Gasteiger partial charge is 0.349 e. The number of benzene rings is 1. The molecule has 1 aromatic heterocycles. The SMILES string of the molecule is Cc1ccc(S(=O)(=O)n2ccn(C(=O)C34CC5CC(CC(C5)C3)C4)c2=O)cc1C. The van der Waals surface area contributed by atoms with Crippen molar-refractivity contribution in [2.24, 2.45) is 23.2 Å². The van der Waals surface area contributed by atoms with Gasteiger partial charge in [0, 0.05) is 12.4 Å². The van der Waals surface area contributed by atoms with Crippen LogP contribution in [0.3, 0.4) is 0 Å². The molecule has 0 saturated heterocycles. The van der Waals surface area contributed by atoms with E-state index >= 15 is 0 Å². The summed E-state index contributed by atoms with van der Waals surface area (Å²) < 4.78 is 27.8. The van der Waals surface area contributed by atoms with Crippen molar-refractivity contribution >= 4 is 15.9 Å². The number of rotatable bonds is 3. The highest BCUT2D eigenvalue weighted by Crippen LogP contribution is 2.60. The number of carbonyl (C=O) groups is 1. The Labute approximate surface area is 170 Å². The summed E-state index contributed by atoms with van der Waals surface area (Å²) in [5, 5.41) is 0. The fourth-order valence-electron chi connectivity index (χ4n) is 6.31. The molecule has 29 heavy (non-hydrogen) atoms. The van der Waals surface area contributed by atoms with Gasteiger partial charge in [-0.1, -0.05) is 6.07 Å². The molecule has 7 heteroatoms. The van der Waals surface area contributed by atoms with Gasteiger partial charge in [-0.15, -0.1) is 0 Å². The second-order valence-corrected chi connectivity index (χ2v) is 11.3. The van der Waals surface area contributed by atoms with Crippen LogP contribution in [0.1, 0.15) is 54.4 Å². The number of hydrogen-bond acceptors (Lipinski definition) is 4. The lowest BCUT2D eigenvalue weighted by Gasteiger charge is -2.55. The van der Waals surface area contributed by atoms with Crippen molar-refractivity contribution in [2.75, 3.05) is 0 Å². The van der Waals surface area contributed by atoms with E-state index < -0.39 is 21.1 Å². The summed E-state index contributed by atoms with van der Waals surface area (Å²) in [5.41, 5.74) is 0.535. The second kappa shape index (κ2) is 6.17. The second-order valence-electron chi connectivity index (χ2n) is 9.50. The lowest BCUT2D eigenvalue weighted by Crippen LogP contribution is -2.52. The maximum absolute atomic E-state index is 13.4. The van der Waals surface area contributed by atoms with E-state index in [0.29, 0.717) is 21.7 Å². The molecule has 4 aliphatic carbocycles. The molecule has 4 bridgehead atoms. The molecule has 0 amide bonds. The molecule has 0 spiro atoms. The molecule has 0 N–H and O–H groups in total. The summed E-state index contributed by atoms with van der Waals surface area (Å²) in [6.45, 7) is 3.73. The van der Waals surface area contributed by atoms with Crippen LogP contribution in [0.25, 0.3) is 0 Å². The van der Waals surface area contributed by atoms with E-state index in [9.17, 15) is 18.0 Å². The Morgan fingerprint density at radius 2 is 1.55 bits per heavy atom. The van der Waals surface area contributed by atoms with Crippen molar-refractivity contribution < 1.29 is 13.2 Å². The van der Waals surface area contributed by atoms with Crippen LogP contribution >= 0.6 is 0 Å². The third-order valence-corrected chi connectivity index (χ3v) is 9.14. The van der Waals surface area contributed by atoms with Crippen molar-refractivity contribution in [3.05, 3.63) is 52.2 Å². The van der Waals surface area contributed by atoms with Crippen molar-refractivity contribution in [2.45, 2.75) is 57.3 Å². The Balaban J connectivity index is 1.52. The molecule has 154 valence electrons. The summed E-state index contributed by atoms with van der Waals surface area (Å²) in [6, 6.07) is 4.79. The molecule has 4 aliphatic rings. The number of hydrogen-bond donors (Lipinski definition) is 0. The minimum atomic E-state index is -4.05. The van der Waals surface area contributed by atoms with E-state index in [1.165, 1.54) is 37.7 Å². The van der Waals surface area contributed by atoms with E-state index in [1.807, 2.05) is 13.8 Å². The molecule has 0 unspecified atom stereocenters. The van der Waals surface area contributed by atoms with E-state index in [2.05, 4.69) is 0 Å². The predicted molar refractivity (Wildman–Crippen MR) is 108 cm³/mol. The van der Waals surface area contributed by atoms with Crippen LogP contribution in [-0.2, 0) is 10.0 Å². The molecular formula is C22H26N2O4S. The first-order valence-electron chi connectivity index (χ1n) is 10.4. The molecule has 2 aromatic rings. The zero-order chi connectivity index (χ0) is 20.6. The van der Waals surface area contributed by atoms with Crippen LogP contribution in [0.5, 0.6) is 0 Å². The first-order valence-corrected chi connectivity index (χ1v) is 11.8. The quantitative estimate of drug-likeness (QED) is 0.772. The fourth-order valence-corrected chi connectivity index (χ4v) is 7.62. The number of carbonyl (C=O) groups excluding carboxylic acids is 1. The Morgan fingerprint density at radius 1 is 0.966 bits per heavy atom. The normalized spacial score (nSPS) is 30.6. The van der Waals surface area contributed by atoms with Crippen LogP contribution < -0.4 is 5.69 Å². The third-order valence-electron chi connectivity index (χ3n) is 7.49. The van der Waals surface area contributed by atoms with Gasteiger partial charge in [0.1, 0.15) is 0 Å². The summed E-state index contributed by atoms with van der Waals surface area (Å²) in [4.78, 5) is 26.5. The van der Waals surface area contributed by atoms with Crippen molar-refractivity contribution in [1.82, 2.24) is 8.54 Å². The van der Waals surface area contributed by atoms with Gasteiger partial charge >= 0.3 is 5.69 Å². The highest BCUT2D eigenvalue weighted by Gasteiger charge is 2.55. The summed E-state index contributed by atoms with van der Waals surface area (Å²) in [5.74, 6) is 1.50. The van der Waals surface area contributed by atoms with E-state index in [0.717, 1.165) is 35.0 Å². The maximum atomic E-state index is 13.4. The van der Waals surface area contributed by atoms with Crippen LogP contribution in [0.4, 0.5) is 0 Å². The van der Waals surface area contributed by atoms with Crippen molar-refractivity contribution in [1.29, 1.82) is 0 Å². The number of nitrogens with zero attached hydrogens (tertiary/aromatic N) is 2. The zero-order valence-electron chi connectivity index (χ0n) is 16.8. The average Bonchev–Trinajstić information content (AvgIpc) is 3.04. The molecule has 0 atom stereocenters. The molecule has 0 radical (unpaired) electrons. The third kappa shape index (κ3) is 2.77. The Morgan fingerprint density at radius 3 is 2.10 bits per heavy atom. The topological polar surface area (TPSA) is 78.1 Å². The van der Waals surface area contributed by atoms with Gasteiger partial charge in [-0.3, -0.25) is 4.79 Å². The molecule has 4 fully saturated rings. The lowest BCUT2D eigenvalue weighted by atomic mass is 9.49. The number of imidazole rings is 1. The van der Waals surface area contributed by atoms with Gasteiger partial charge < -0.3 is 0 Å². The highest BCUT2D eigenvalue weighted by molar-refractivity contribution is 7.90. The minimum Gasteiger partial charge on any atom is -0.273 e. The monoisotopic (exact) mass is 414 g/mol. The van der Waals surface area contributed by atoms with Gasteiger partial charge in [0.15, 0.2) is 0 Å². The first-order chi connectivity index (χ1) is 13.7. The van der Waals surface area contributed by atoms with E-state index in [1.54, 1.807) is 12.1 Å². The maximum Gasteiger partial charge on any atom is 0.349 e. The van der Waals surface area contributed by atoms with Crippen LogP contribution in [0.2, 0.25) is 0 Å². The molecular weight excluding hydrogens is 388 g/mol. The van der Waals surface area contributed by atoms with Gasteiger partial charge in [0.05, 0.1) is 10.3 Å². The van der Waals surface area contributed by atoms with E-state index in [-0.39, 0.29) is 10.8 Å². The first kappa shape index (κ1) is 18.9. The summed E-state index contributed by atoms with van der Waals surface area (Å²) in [7, 11) is -4.05. The van der Waals surface area contributed by atoms with Crippen molar-refractivity contribution in [3.63, 3.8) is 0 Å². The van der Waals surface area contributed by atoms with Crippen molar-refractivity contribution in [3.8, 4) is 0 Å². The molecule has 1 heterocycles. The Kier molecular flexibility index (Phi) is 4.01. The zero-order valence-corrected chi connectivity index (χ0v) is 17.6. The van der Waals surface area contributed by atoms with Gasteiger partial charge in [0.25, 0.3) is 10.0 Å². The minimum absolute atomic E-state index is 0.0581. The summed E-state index contributed by atoms with van der Waals surface area (Å²) >= 11 is 0. The molecule has 0 aliphatic heterocycles. The molecule has 1 aromatic carbocycles. The van der Waals surface area contributed by atoms with E-state index in [4.69, 9.17) is 0 Å². The predicted octanol–water partition coefficient (Wildman–Crippen LogP) is 3.36. The Hall–Kier alpha value is -2.15. The molecule has 6 nitrogen and oxygen atoms in total. The smallest absolute Gasteiger partial charge is 0.273 e. The Bertz CT molecular complexity index is 1140. The lowest BCUT2D eigenvalue weighted by molar-refractivity contribution is -0.0403. The number of aryl methyl sites for hydroxylation is 2. The standard InChI is InChI=1S/C22H26N2O4S/c1-14-3-4-19(7-15(14)2)29(27,28)24-6-5-23(21(24)26)20(25)22-11-16-8-17(12-22)10-18(9-16)13-22/h3-7,16-18H,8-13H2,1-2H3. The highest BCUT2D eigenvalue weighted by atomic mass is 32.2.